The number of anilines is 2. The minimum atomic E-state index is 0.0364. The third kappa shape index (κ3) is 2.79. The molecule has 0 aliphatic carbocycles. The van der Waals surface area contributed by atoms with Gasteiger partial charge in [0.25, 0.3) is 0 Å². The zero-order chi connectivity index (χ0) is 13.8. The molecular formula is C17H22N2. The number of para-hydroxylation sites is 2. The summed E-state index contributed by atoms with van der Waals surface area (Å²) in [4.78, 5) is 2.33. The first-order valence-corrected chi connectivity index (χ1v) is 6.82. The van der Waals surface area contributed by atoms with Crippen molar-refractivity contribution >= 4 is 11.4 Å². The summed E-state index contributed by atoms with van der Waals surface area (Å²) in [7, 11) is 0. The summed E-state index contributed by atoms with van der Waals surface area (Å²) in [5, 5.41) is 0. The zero-order valence-corrected chi connectivity index (χ0v) is 11.9. The molecule has 0 heterocycles. The van der Waals surface area contributed by atoms with Crippen LogP contribution in [0.2, 0.25) is 0 Å². The maximum absolute atomic E-state index is 6.10. The Bertz CT molecular complexity index is 546. The fraction of sp³-hybridized carbons (Fsp3) is 0.294. The predicted octanol–water partition coefficient (Wildman–Crippen LogP) is 4.17. The molecule has 19 heavy (non-hydrogen) atoms. The SMILES string of the molecule is CCN(c1ccccc1C)c1ccccc1C(C)N. The van der Waals surface area contributed by atoms with E-state index in [1.807, 2.05) is 13.0 Å². The van der Waals surface area contributed by atoms with E-state index in [9.17, 15) is 0 Å². The Kier molecular flexibility index (Phi) is 4.23. The van der Waals surface area contributed by atoms with Gasteiger partial charge in [-0.1, -0.05) is 36.4 Å². The van der Waals surface area contributed by atoms with Gasteiger partial charge in [-0.05, 0) is 44.0 Å². The topological polar surface area (TPSA) is 29.3 Å². The molecule has 0 saturated carbocycles. The van der Waals surface area contributed by atoms with Gasteiger partial charge < -0.3 is 10.6 Å². The Morgan fingerprint density at radius 2 is 1.58 bits per heavy atom. The van der Waals surface area contributed by atoms with Gasteiger partial charge in [0.15, 0.2) is 0 Å². The van der Waals surface area contributed by atoms with E-state index >= 15 is 0 Å². The highest BCUT2D eigenvalue weighted by Crippen LogP contribution is 2.32. The minimum Gasteiger partial charge on any atom is -0.341 e. The van der Waals surface area contributed by atoms with Crippen LogP contribution in [0.1, 0.15) is 31.0 Å². The third-order valence-corrected chi connectivity index (χ3v) is 3.44. The smallest absolute Gasteiger partial charge is 0.0459 e. The molecule has 0 radical (unpaired) electrons. The molecule has 0 amide bonds. The Morgan fingerprint density at radius 1 is 1.00 bits per heavy atom. The molecule has 2 rings (SSSR count). The Hall–Kier alpha value is -1.80. The van der Waals surface area contributed by atoms with Gasteiger partial charge in [0.2, 0.25) is 0 Å². The molecule has 1 atom stereocenters. The second-order valence-corrected chi connectivity index (χ2v) is 4.88. The van der Waals surface area contributed by atoms with Crippen molar-refractivity contribution in [3.63, 3.8) is 0 Å². The summed E-state index contributed by atoms with van der Waals surface area (Å²) in [6.07, 6.45) is 0. The highest BCUT2D eigenvalue weighted by atomic mass is 15.1. The van der Waals surface area contributed by atoms with Crippen molar-refractivity contribution in [2.24, 2.45) is 5.73 Å². The first-order chi connectivity index (χ1) is 9.15. The summed E-state index contributed by atoms with van der Waals surface area (Å²) in [5.41, 5.74) is 11.0. The quantitative estimate of drug-likeness (QED) is 0.887. The number of nitrogens with zero attached hydrogens (tertiary/aromatic N) is 1. The van der Waals surface area contributed by atoms with E-state index in [-0.39, 0.29) is 6.04 Å². The standard InChI is InChI=1S/C17H22N2/c1-4-19(16-11-7-5-9-13(16)2)17-12-8-6-10-15(17)14(3)18/h5-12,14H,4,18H2,1-3H3. The van der Waals surface area contributed by atoms with Crippen molar-refractivity contribution in [3.8, 4) is 0 Å². The van der Waals surface area contributed by atoms with Crippen molar-refractivity contribution in [3.05, 3.63) is 59.7 Å². The molecule has 0 bridgehead atoms. The monoisotopic (exact) mass is 254 g/mol. The van der Waals surface area contributed by atoms with Crippen LogP contribution in [0.4, 0.5) is 11.4 Å². The summed E-state index contributed by atoms with van der Waals surface area (Å²) in [6, 6.07) is 16.9. The van der Waals surface area contributed by atoms with Crippen molar-refractivity contribution in [2.45, 2.75) is 26.8 Å². The van der Waals surface area contributed by atoms with Crippen LogP contribution < -0.4 is 10.6 Å². The van der Waals surface area contributed by atoms with E-state index in [0.29, 0.717) is 0 Å². The van der Waals surface area contributed by atoms with Crippen molar-refractivity contribution in [2.75, 3.05) is 11.4 Å². The number of rotatable bonds is 4. The summed E-state index contributed by atoms with van der Waals surface area (Å²) >= 11 is 0. The van der Waals surface area contributed by atoms with Crippen LogP contribution in [-0.2, 0) is 0 Å². The van der Waals surface area contributed by atoms with Gasteiger partial charge in [-0.15, -0.1) is 0 Å². The normalized spacial score (nSPS) is 12.2. The lowest BCUT2D eigenvalue weighted by molar-refractivity contribution is 0.811. The van der Waals surface area contributed by atoms with Crippen LogP contribution >= 0.6 is 0 Å². The van der Waals surface area contributed by atoms with Gasteiger partial charge >= 0.3 is 0 Å². The fourth-order valence-corrected chi connectivity index (χ4v) is 2.46. The molecule has 2 N–H and O–H groups in total. The van der Waals surface area contributed by atoms with E-state index in [4.69, 9.17) is 5.73 Å². The van der Waals surface area contributed by atoms with Gasteiger partial charge in [0.05, 0.1) is 0 Å². The van der Waals surface area contributed by atoms with Crippen LogP contribution in [0.3, 0.4) is 0 Å². The van der Waals surface area contributed by atoms with Gasteiger partial charge in [0.1, 0.15) is 0 Å². The number of aryl methyl sites for hydroxylation is 1. The second kappa shape index (κ2) is 5.89. The second-order valence-electron chi connectivity index (χ2n) is 4.88. The molecule has 0 fully saturated rings. The molecule has 0 aliphatic rings. The molecule has 0 aliphatic heterocycles. The van der Waals surface area contributed by atoms with Crippen LogP contribution in [0, 0.1) is 6.92 Å². The average Bonchev–Trinajstić information content (AvgIpc) is 2.42. The van der Waals surface area contributed by atoms with Crippen LogP contribution in [-0.4, -0.2) is 6.54 Å². The summed E-state index contributed by atoms with van der Waals surface area (Å²) in [6.45, 7) is 7.27. The summed E-state index contributed by atoms with van der Waals surface area (Å²) in [5.74, 6) is 0. The van der Waals surface area contributed by atoms with Gasteiger partial charge in [0, 0.05) is 24.0 Å². The Balaban J connectivity index is 2.52. The number of nitrogens with two attached hydrogens (primary N) is 1. The lowest BCUT2D eigenvalue weighted by atomic mass is 10.0. The molecule has 0 aromatic heterocycles. The maximum atomic E-state index is 6.10. The lowest BCUT2D eigenvalue weighted by Gasteiger charge is -2.28. The number of benzene rings is 2. The number of hydrogen-bond donors (Lipinski definition) is 1. The average molecular weight is 254 g/mol. The Labute approximate surface area is 115 Å². The zero-order valence-electron chi connectivity index (χ0n) is 11.9. The van der Waals surface area contributed by atoms with Crippen LogP contribution in [0.5, 0.6) is 0 Å². The van der Waals surface area contributed by atoms with E-state index in [0.717, 1.165) is 6.54 Å². The van der Waals surface area contributed by atoms with E-state index in [1.165, 1.54) is 22.5 Å². The molecular weight excluding hydrogens is 232 g/mol. The number of hydrogen-bond acceptors (Lipinski definition) is 2. The summed E-state index contributed by atoms with van der Waals surface area (Å²) < 4.78 is 0. The Morgan fingerprint density at radius 3 is 2.16 bits per heavy atom. The van der Waals surface area contributed by atoms with Gasteiger partial charge in [-0.2, -0.15) is 0 Å². The van der Waals surface area contributed by atoms with Gasteiger partial charge in [-0.3, -0.25) is 0 Å². The van der Waals surface area contributed by atoms with E-state index in [1.54, 1.807) is 0 Å². The molecule has 0 saturated heterocycles. The molecule has 2 aromatic carbocycles. The molecule has 2 nitrogen and oxygen atoms in total. The highest BCUT2D eigenvalue weighted by molar-refractivity contribution is 5.69. The molecule has 2 aromatic rings. The van der Waals surface area contributed by atoms with E-state index < -0.39 is 0 Å². The predicted molar refractivity (Wildman–Crippen MR) is 82.9 cm³/mol. The highest BCUT2D eigenvalue weighted by Gasteiger charge is 2.14. The molecule has 2 heteroatoms. The maximum Gasteiger partial charge on any atom is 0.0459 e. The van der Waals surface area contributed by atoms with Gasteiger partial charge in [-0.25, -0.2) is 0 Å². The van der Waals surface area contributed by atoms with Crippen molar-refractivity contribution in [1.29, 1.82) is 0 Å². The van der Waals surface area contributed by atoms with Crippen LogP contribution in [0.25, 0.3) is 0 Å². The molecule has 100 valence electrons. The molecule has 0 spiro atoms. The van der Waals surface area contributed by atoms with Crippen molar-refractivity contribution in [1.82, 2.24) is 0 Å². The molecule has 1 unspecified atom stereocenters. The van der Waals surface area contributed by atoms with Crippen LogP contribution in [0.15, 0.2) is 48.5 Å². The van der Waals surface area contributed by atoms with E-state index in [2.05, 4.69) is 61.2 Å². The minimum absolute atomic E-state index is 0.0364. The third-order valence-electron chi connectivity index (χ3n) is 3.44. The first-order valence-electron chi connectivity index (χ1n) is 6.82. The largest absolute Gasteiger partial charge is 0.341 e. The first kappa shape index (κ1) is 13.6. The lowest BCUT2D eigenvalue weighted by Crippen LogP contribution is -2.20. The van der Waals surface area contributed by atoms with Crippen molar-refractivity contribution < 1.29 is 0 Å². The fourth-order valence-electron chi connectivity index (χ4n) is 2.46.